The van der Waals surface area contributed by atoms with E-state index in [9.17, 15) is 4.79 Å². The molecule has 0 amide bonds. The van der Waals surface area contributed by atoms with Gasteiger partial charge in [-0.3, -0.25) is 4.79 Å². The van der Waals surface area contributed by atoms with Crippen molar-refractivity contribution >= 4 is 5.97 Å². The third-order valence-corrected chi connectivity index (χ3v) is 3.64. The molecular formula is C13H24O2. The molecule has 88 valence electrons. The van der Waals surface area contributed by atoms with Crippen LogP contribution < -0.4 is 0 Å². The van der Waals surface area contributed by atoms with Crippen molar-refractivity contribution in [2.75, 3.05) is 0 Å². The Hall–Kier alpha value is -0.530. The van der Waals surface area contributed by atoms with Gasteiger partial charge in [0.15, 0.2) is 0 Å². The Balaban J connectivity index is 2.04. The van der Waals surface area contributed by atoms with Crippen LogP contribution in [0.3, 0.4) is 0 Å². The molecule has 1 atom stereocenters. The monoisotopic (exact) mass is 212 g/mol. The van der Waals surface area contributed by atoms with Gasteiger partial charge in [0.05, 0.1) is 0 Å². The lowest BCUT2D eigenvalue weighted by Gasteiger charge is -2.22. The molecule has 0 aromatic rings. The highest BCUT2D eigenvalue weighted by Crippen LogP contribution is 2.29. The zero-order valence-electron chi connectivity index (χ0n) is 9.87. The molecule has 1 fully saturated rings. The average molecular weight is 212 g/mol. The topological polar surface area (TPSA) is 37.3 Å². The molecule has 2 nitrogen and oxygen atoms in total. The molecule has 15 heavy (non-hydrogen) atoms. The zero-order chi connectivity index (χ0) is 11.1. The summed E-state index contributed by atoms with van der Waals surface area (Å²) in [5.74, 6) is 0.869. The minimum absolute atomic E-state index is 0.339. The van der Waals surface area contributed by atoms with E-state index in [2.05, 4.69) is 6.92 Å². The first-order chi connectivity index (χ1) is 7.18. The van der Waals surface area contributed by atoms with Crippen molar-refractivity contribution in [1.29, 1.82) is 0 Å². The first-order valence-corrected chi connectivity index (χ1v) is 6.40. The maximum absolute atomic E-state index is 10.4. The van der Waals surface area contributed by atoms with E-state index in [0.717, 1.165) is 12.3 Å². The zero-order valence-corrected chi connectivity index (χ0v) is 9.87. The van der Waals surface area contributed by atoms with E-state index < -0.39 is 5.97 Å². The van der Waals surface area contributed by atoms with Gasteiger partial charge in [-0.2, -0.15) is 0 Å². The van der Waals surface area contributed by atoms with Crippen LogP contribution in [0.4, 0.5) is 0 Å². The van der Waals surface area contributed by atoms with Crippen LogP contribution in [-0.4, -0.2) is 11.1 Å². The van der Waals surface area contributed by atoms with Gasteiger partial charge in [-0.15, -0.1) is 0 Å². The largest absolute Gasteiger partial charge is 0.481 e. The Bertz CT molecular complexity index is 183. The Labute approximate surface area is 93.1 Å². The van der Waals surface area contributed by atoms with Crippen molar-refractivity contribution in [2.24, 2.45) is 11.8 Å². The fourth-order valence-corrected chi connectivity index (χ4v) is 2.51. The second-order valence-corrected chi connectivity index (χ2v) is 5.12. The molecule has 0 heterocycles. The fraction of sp³-hybridized carbons (Fsp3) is 0.923. The molecule has 0 aromatic heterocycles. The van der Waals surface area contributed by atoms with Crippen molar-refractivity contribution < 1.29 is 9.90 Å². The van der Waals surface area contributed by atoms with E-state index >= 15 is 0 Å². The van der Waals surface area contributed by atoms with Crippen molar-refractivity contribution in [3.63, 3.8) is 0 Å². The van der Waals surface area contributed by atoms with Crippen LogP contribution in [0.25, 0.3) is 0 Å². The van der Waals surface area contributed by atoms with Gasteiger partial charge in [-0.1, -0.05) is 51.9 Å². The van der Waals surface area contributed by atoms with Gasteiger partial charge in [-0.05, 0) is 18.3 Å². The highest BCUT2D eigenvalue weighted by Gasteiger charge is 2.14. The SMILES string of the molecule is CC(CCC(=O)O)CCC1CCCCC1. The second-order valence-electron chi connectivity index (χ2n) is 5.12. The lowest BCUT2D eigenvalue weighted by atomic mass is 9.84. The first kappa shape index (κ1) is 12.5. The Morgan fingerprint density at radius 2 is 1.93 bits per heavy atom. The van der Waals surface area contributed by atoms with Crippen LogP contribution in [0.5, 0.6) is 0 Å². The summed E-state index contributed by atoms with van der Waals surface area (Å²) in [4.78, 5) is 10.4. The van der Waals surface area contributed by atoms with Crippen molar-refractivity contribution in [2.45, 2.75) is 64.7 Å². The van der Waals surface area contributed by atoms with Gasteiger partial charge in [0.2, 0.25) is 0 Å². The average Bonchev–Trinajstić information content (AvgIpc) is 2.25. The molecule has 1 aliphatic rings. The molecular weight excluding hydrogens is 188 g/mol. The minimum Gasteiger partial charge on any atom is -0.481 e. The highest BCUT2D eigenvalue weighted by atomic mass is 16.4. The number of hydrogen-bond acceptors (Lipinski definition) is 1. The van der Waals surface area contributed by atoms with Crippen LogP contribution in [0, 0.1) is 11.8 Å². The Kier molecular flexibility index (Phi) is 5.74. The number of carboxylic acid groups (broad SMARTS) is 1. The summed E-state index contributed by atoms with van der Waals surface area (Å²) in [7, 11) is 0. The summed E-state index contributed by atoms with van der Waals surface area (Å²) < 4.78 is 0. The molecule has 0 bridgehead atoms. The Morgan fingerprint density at radius 1 is 1.27 bits per heavy atom. The Morgan fingerprint density at radius 3 is 2.53 bits per heavy atom. The van der Waals surface area contributed by atoms with Gasteiger partial charge in [0.1, 0.15) is 0 Å². The van der Waals surface area contributed by atoms with E-state index in [1.807, 2.05) is 0 Å². The highest BCUT2D eigenvalue weighted by molar-refractivity contribution is 5.66. The summed E-state index contributed by atoms with van der Waals surface area (Å²) in [5.41, 5.74) is 0. The summed E-state index contributed by atoms with van der Waals surface area (Å²) in [6.07, 6.45) is 10.8. The first-order valence-electron chi connectivity index (χ1n) is 6.40. The molecule has 1 aliphatic carbocycles. The molecule has 1 rings (SSSR count). The lowest BCUT2D eigenvalue weighted by Crippen LogP contribution is -2.08. The van der Waals surface area contributed by atoms with Crippen LogP contribution in [-0.2, 0) is 4.79 Å². The van der Waals surface area contributed by atoms with E-state index in [0.29, 0.717) is 12.3 Å². The molecule has 0 radical (unpaired) electrons. The maximum Gasteiger partial charge on any atom is 0.303 e. The predicted molar refractivity (Wildman–Crippen MR) is 61.8 cm³/mol. The standard InChI is InChI=1S/C13H24O2/c1-11(8-10-13(14)15)7-9-12-5-3-2-4-6-12/h11-12H,2-10H2,1H3,(H,14,15). The van der Waals surface area contributed by atoms with E-state index in [-0.39, 0.29) is 0 Å². The lowest BCUT2D eigenvalue weighted by molar-refractivity contribution is -0.137. The summed E-state index contributed by atoms with van der Waals surface area (Å²) in [6.45, 7) is 2.19. The van der Waals surface area contributed by atoms with E-state index in [1.54, 1.807) is 0 Å². The van der Waals surface area contributed by atoms with Gasteiger partial charge in [-0.25, -0.2) is 0 Å². The van der Waals surface area contributed by atoms with Crippen LogP contribution in [0.1, 0.15) is 64.7 Å². The minimum atomic E-state index is -0.653. The van der Waals surface area contributed by atoms with Crippen molar-refractivity contribution in [1.82, 2.24) is 0 Å². The fourth-order valence-electron chi connectivity index (χ4n) is 2.51. The van der Waals surface area contributed by atoms with Crippen LogP contribution in [0.15, 0.2) is 0 Å². The molecule has 0 aliphatic heterocycles. The van der Waals surface area contributed by atoms with E-state index in [4.69, 9.17) is 5.11 Å². The molecule has 1 N–H and O–H groups in total. The second kappa shape index (κ2) is 6.86. The third kappa shape index (κ3) is 5.81. The molecule has 1 saturated carbocycles. The molecule has 2 heteroatoms. The van der Waals surface area contributed by atoms with Crippen molar-refractivity contribution in [3.8, 4) is 0 Å². The van der Waals surface area contributed by atoms with Gasteiger partial charge in [0.25, 0.3) is 0 Å². The number of hydrogen-bond donors (Lipinski definition) is 1. The number of rotatable bonds is 6. The van der Waals surface area contributed by atoms with E-state index in [1.165, 1.54) is 44.9 Å². The van der Waals surface area contributed by atoms with Crippen LogP contribution >= 0.6 is 0 Å². The van der Waals surface area contributed by atoms with Gasteiger partial charge in [0, 0.05) is 6.42 Å². The quantitative estimate of drug-likeness (QED) is 0.726. The van der Waals surface area contributed by atoms with Crippen molar-refractivity contribution in [3.05, 3.63) is 0 Å². The molecule has 0 saturated heterocycles. The summed E-state index contributed by atoms with van der Waals surface area (Å²) >= 11 is 0. The van der Waals surface area contributed by atoms with Gasteiger partial charge < -0.3 is 5.11 Å². The maximum atomic E-state index is 10.4. The van der Waals surface area contributed by atoms with Crippen LogP contribution in [0.2, 0.25) is 0 Å². The number of aliphatic carboxylic acids is 1. The molecule has 0 spiro atoms. The predicted octanol–water partition coefficient (Wildman–Crippen LogP) is 3.85. The van der Waals surface area contributed by atoms with Gasteiger partial charge >= 0.3 is 5.97 Å². The smallest absolute Gasteiger partial charge is 0.303 e. The molecule has 1 unspecified atom stereocenters. The normalized spacial score (nSPS) is 20.1. The summed E-state index contributed by atoms with van der Waals surface area (Å²) in [6, 6.07) is 0. The number of carbonyl (C=O) groups is 1. The molecule has 0 aromatic carbocycles. The summed E-state index contributed by atoms with van der Waals surface area (Å²) in [5, 5.41) is 8.58. The third-order valence-electron chi connectivity index (χ3n) is 3.64. The number of carboxylic acids is 1.